The summed E-state index contributed by atoms with van der Waals surface area (Å²) in [6.45, 7) is 3.89. The molecule has 1 amide bonds. The fourth-order valence-corrected chi connectivity index (χ4v) is 2.40. The molecule has 0 saturated heterocycles. The lowest BCUT2D eigenvalue weighted by atomic mass is 10.2. The van der Waals surface area contributed by atoms with E-state index in [1.807, 2.05) is 38.1 Å². The Morgan fingerprint density at radius 3 is 2.84 bits per heavy atom. The smallest absolute Gasteiger partial charge is 0.273 e. The average molecular weight is 342 g/mol. The normalized spacial score (nSPS) is 13.7. The molecule has 1 heterocycles. The van der Waals surface area contributed by atoms with Crippen molar-refractivity contribution in [2.45, 2.75) is 51.7 Å². The Morgan fingerprint density at radius 2 is 2.16 bits per heavy atom. The van der Waals surface area contributed by atoms with Crippen molar-refractivity contribution < 1.29 is 9.53 Å². The second-order valence-corrected chi connectivity index (χ2v) is 6.49. The third kappa shape index (κ3) is 4.89. The zero-order valence-corrected chi connectivity index (χ0v) is 14.4. The summed E-state index contributed by atoms with van der Waals surface area (Å²) in [5.74, 6) is 1.03. The van der Waals surface area contributed by atoms with Gasteiger partial charge in [-0.15, -0.1) is 10.2 Å². The summed E-state index contributed by atoms with van der Waals surface area (Å²) in [4.78, 5) is 26.6. The van der Waals surface area contributed by atoms with Crippen LogP contribution in [-0.4, -0.2) is 33.2 Å². The van der Waals surface area contributed by atoms with Crippen molar-refractivity contribution >= 4 is 5.91 Å². The molecular formula is C18H22N4O3. The summed E-state index contributed by atoms with van der Waals surface area (Å²) < 4.78 is 5.65. The summed E-state index contributed by atoms with van der Waals surface area (Å²) in [5.41, 5.74) is 0.671. The molecule has 0 spiro atoms. The van der Waals surface area contributed by atoms with Crippen LogP contribution in [0.25, 0.3) is 11.4 Å². The standard InChI is InChI=1S/C18H22N4O3/c1-11(2)25-14-5-3-4-12(10-14)17-20-18(24)15(21-22-17)8-9-16(23)19-13-6-7-13/h3-5,10-11,13H,6-9H2,1-2H3,(H,19,23)(H,20,22,24). The number of aryl methyl sites for hydroxylation is 1. The van der Waals surface area contributed by atoms with E-state index < -0.39 is 0 Å². The van der Waals surface area contributed by atoms with Crippen LogP contribution < -0.4 is 15.6 Å². The fraction of sp³-hybridized carbons (Fsp3) is 0.444. The minimum absolute atomic E-state index is 0.0497. The Balaban J connectivity index is 1.68. The van der Waals surface area contributed by atoms with E-state index in [9.17, 15) is 9.59 Å². The maximum atomic E-state index is 12.2. The molecule has 0 radical (unpaired) electrons. The van der Waals surface area contributed by atoms with Gasteiger partial charge >= 0.3 is 0 Å². The third-order valence-corrected chi connectivity index (χ3v) is 3.78. The van der Waals surface area contributed by atoms with Crippen molar-refractivity contribution in [1.29, 1.82) is 0 Å². The number of ether oxygens (including phenoxy) is 1. The summed E-state index contributed by atoms with van der Waals surface area (Å²) >= 11 is 0. The summed E-state index contributed by atoms with van der Waals surface area (Å²) in [6, 6.07) is 7.64. The van der Waals surface area contributed by atoms with Gasteiger partial charge in [-0.25, -0.2) is 0 Å². The number of hydrogen-bond donors (Lipinski definition) is 2. The first-order valence-corrected chi connectivity index (χ1v) is 8.53. The summed E-state index contributed by atoms with van der Waals surface area (Å²) in [5, 5.41) is 11.0. The summed E-state index contributed by atoms with van der Waals surface area (Å²) in [7, 11) is 0. The van der Waals surface area contributed by atoms with Gasteiger partial charge < -0.3 is 15.0 Å². The second kappa shape index (κ2) is 7.46. The molecule has 1 aromatic heterocycles. The minimum Gasteiger partial charge on any atom is -0.491 e. The lowest BCUT2D eigenvalue weighted by Gasteiger charge is -2.10. The number of nitrogens with zero attached hydrogens (tertiary/aromatic N) is 2. The Bertz CT molecular complexity index is 812. The predicted molar refractivity (Wildman–Crippen MR) is 93.3 cm³/mol. The van der Waals surface area contributed by atoms with Gasteiger partial charge in [0, 0.05) is 24.4 Å². The van der Waals surface area contributed by atoms with Crippen molar-refractivity contribution in [2.24, 2.45) is 0 Å². The van der Waals surface area contributed by atoms with Gasteiger partial charge in [0.1, 0.15) is 11.4 Å². The first-order chi connectivity index (χ1) is 12.0. The molecule has 1 aliphatic carbocycles. The lowest BCUT2D eigenvalue weighted by Crippen LogP contribution is -2.27. The van der Waals surface area contributed by atoms with Gasteiger partial charge in [-0.3, -0.25) is 9.59 Å². The van der Waals surface area contributed by atoms with E-state index in [-0.39, 0.29) is 36.1 Å². The SMILES string of the molecule is CC(C)Oc1cccc(-c2nnc(CCC(=O)NC3CC3)c(=O)[nH]2)c1. The number of rotatable bonds is 7. The summed E-state index contributed by atoms with van der Waals surface area (Å²) in [6.07, 6.45) is 2.66. The van der Waals surface area contributed by atoms with Gasteiger partial charge in [0.25, 0.3) is 5.56 Å². The van der Waals surface area contributed by atoms with E-state index in [1.54, 1.807) is 0 Å². The molecule has 1 aromatic carbocycles. The number of carbonyl (C=O) groups excluding carboxylic acids is 1. The van der Waals surface area contributed by atoms with Gasteiger partial charge in [0.05, 0.1) is 6.10 Å². The molecule has 0 bridgehead atoms. The van der Waals surface area contributed by atoms with E-state index in [0.29, 0.717) is 17.6 Å². The number of nitrogens with one attached hydrogen (secondary N) is 2. The second-order valence-electron chi connectivity index (χ2n) is 6.49. The molecule has 1 saturated carbocycles. The maximum Gasteiger partial charge on any atom is 0.273 e. The van der Waals surface area contributed by atoms with Crippen molar-refractivity contribution in [3.8, 4) is 17.1 Å². The molecule has 25 heavy (non-hydrogen) atoms. The molecule has 0 atom stereocenters. The van der Waals surface area contributed by atoms with Crippen LogP contribution in [-0.2, 0) is 11.2 Å². The van der Waals surface area contributed by atoms with Crippen molar-refractivity contribution in [3.05, 3.63) is 40.3 Å². The number of hydrogen-bond acceptors (Lipinski definition) is 5. The highest BCUT2D eigenvalue weighted by atomic mass is 16.5. The predicted octanol–water partition coefficient (Wildman–Crippen LogP) is 1.83. The minimum atomic E-state index is -0.320. The molecule has 2 N–H and O–H groups in total. The number of benzene rings is 1. The fourth-order valence-electron chi connectivity index (χ4n) is 2.40. The Labute approximate surface area is 145 Å². The topological polar surface area (TPSA) is 97.0 Å². The zero-order chi connectivity index (χ0) is 17.8. The lowest BCUT2D eigenvalue weighted by molar-refractivity contribution is -0.121. The Kier molecular flexibility index (Phi) is 5.11. The monoisotopic (exact) mass is 342 g/mol. The van der Waals surface area contributed by atoms with Gasteiger partial charge in [-0.1, -0.05) is 12.1 Å². The van der Waals surface area contributed by atoms with Gasteiger partial charge in [0.15, 0.2) is 5.82 Å². The Hall–Kier alpha value is -2.70. The van der Waals surface area contributed by atoms with Crippen molar-refractivity contribution in [1.82, 2.24) is 20.5 Å². The van der Waals surface area contributed by atoms with Gasteiger partial charge in [-0.05, 0) is 38.8 Å². The van der Waals surface area contributed by atoms with Crippen LogP contribution in [0.5, 0.6) is 5.75 Å². The molecule has 7 heteroatoms. The van der Waals surface area contributed by atoms with Crippen LogP contribution in [0.2, 0.25) is 0 Å². The third-order valence-electron chi connectivity index (χ3n) is 3.78. The molecule has 1 aliphatic rings. The molecule has 0 aliphatic heterocycles. The van der Waals surface area contributed by atoms with E-state index >= 15 is 0 Å². The van der Waals surface area contributed by atoms with Crippen LogP contribution in [0.4, 0.5) is 0 Å². The van der Waals surface area contributed by atoms with E-state index in [1.165, 1.54) is 0 Å². The Morgan fingerprint density at radius 1 is 1.36 bits per heavy atom. The number of H-pyrrole nitrogens is 1. The van der Waals surface area contributed by atoms with Crippen LogP contribution in [0.1, 0.15) is 38.8 Å². The van der Waals surface area contributed by atoms with Gasteiger partial charge in [0.2, 0.25) is 5.91 Å². The molecule has 7 nitrogen and oxygen atoms in total. The molecule has 1 fully saturated rings. The number of aromatic amines is 1. The number of amides is 1. The zero-order valence-electron chi connectivity index (χ0n) is 14.4. The maximum absolute atomic E-state index is 12.2. The first kappa shape index (κ1) is 17.1. The van der Waals surface area contributed by atoms with Crippen LogP contribution >= 0.6 is 0 Å². The van der Waals surface area contributed by atoms with E-state index in [2.05, 4.69) is 20.5 Å². The molecule has 2 aromatic rings. The molecule has 3 rings (SSSR count). The molecule has 0 unspecified atom stereocenters. The van der Waals surface area contributed by atoms with E-state index in [4.69, 9.17) is 4.74 Å². The average Bonchev–Trinajstić information content (AvgIpc) is 3.37. The largest absolute Gasteiger partial charge is 0.491 e. The quantitative estimate of drug-likeness (QED) is 0.800. The van der Waals surface area contributed by atoms with Crippen molar-refractivity contribution in [2.75, 3.05) is 0 Å². The van der Waals surface area contributed by atoms with Crippen LogP contribution in [0, 0.1) is 0 Å². The van der Waals surface area contributed by atoms with Crippen molar-refractivity contribution in [3.63, 3.8) is 0 Å². The molecular weight excluding hydrogens is 320 g/mol. The highest BCUT2D eigenvalue weighted by Crippen LogP contribution is 2.21. The number of aromatic nitrogens is 3. The van der Waals surface area contributed by atoms with E-state index in [0.717, 1.165) is 18.4 Å². The highest BCUT2D eigenvalue weighted by Gasteiger charge is 2.23. The van der Waals surface area contributed by atoms with Crippen LogP contribution in [0.3, 0.4) is 0 Å². The first-order valence-electron chi connectivity index (χ1n) is 8.53. The van der Waals surface area contributed by atoms with Gasteiger partial charge in [-0.2, -0.15) is 0 Å². The molecule has 132 valence electrons. The number of carbonyl (C=O) groups is 1. The highest BCUT2D eigenvalue weighted by molar-refractivity contribution is 5.76. The van der Waals surface area contributed by atoms with Crippen LogP contribution in [0.15, 0.2) is 29.1 Å².